The second-order valence-electron chi connectivity index (χ2n) is 3.39. The van der Waals surface area contributed by atoms with Gasteiger partial charge in [-0.3, -0.25) is 0 Å². The molecule has 1 aromatic carbocycles. The third-order valence-electron chi connectivity index (χ3n) is 1.91. The first-order chi connectivity index (χ1) is 6.47. The number of nitrogens with zero attached hydrogens (tertiary/aromatic N) is 1. The van der Waals surface area contributed by atoms with Crippen LogP contribution in [0.25, 0.3) is 0 Å². The molecule has 0 spiro atoms. The predicted molar refractivity (Wildman–Crippen MR) is 57.6 cm³/mol. The molecule has 1 rings (SSSR count). The first-order valence-electron chi connectivity index (χ1n) is 4.02. The Morgan fingerprint density at radius 3 is 2.57 bits per heavy atom. The van der Waals surface area contributed by atoms with Gasteiger partial charge in [0.05, 0.1) is 5.54 Å². The molecule has 0 aliphatic carbocycles. The van der Waals surface area contributed by atoms with Crippen LogP contribution < -0.4 is 0 Å². The molecule has 0 amide bonds. The maximum Gasteiger partial charge on any atom is 0.235 e. The number of aliphatic imine (C=N–C) groups is 1. The molecule has 0 atom stereocenters. The van der Waals surface area contributed by atoms with Gasteiger partial charge < -0.3 is 0 Å². The summed E-state index contributed by atoms with van der Waals surface area (Å²) in [6.45, 7) is 3.55. The van der Waals surface area contributed by atoms with E-state index in [2.05, 4.69) is 4.99 Å². The van der Waals surface area contributed by atoms with E-state index >= 15 is 0 Å². The van der Waals surface area contributed by atoms with E-state index in [1.165, 1.54) is 6.08 Å². The Morgan fingerprint density at radius 1 is 1.36 bits per heavy atom. The van der Waals surface area contributed by atoms with Crippen molar-refractivity contribution in [2.24, 2.45) is 4.99 Å². The van der Waals surface area contributed by atoms with Crippen LogP contribution >= 0.6 is 23.2 Å². The van der Waals surface area contributed by atoms with Gasteiger partial charge >= 0.3 is 0 Å². The Kier molecular flexibility index (Phi) is 3.33. The van der Waals surface area contributed by atoms with Gasteiger partial charge in [-0.25, -0.2) is 4.79 Å². The van der Waals surface area contributed by atoms with Crippen molar-refractivity contribution in [3.63, 3.8) is 0 Å². The minimum absolute atomic E-state index is 0.540. The van der Waals surface area contributed by atoms with E-state index in [4.69, 9.17) is 23.2 Å². The van der Waals surface area contributed by atoms with Crippen molar-refractivity contribution in [1.82, 2.24) is 0 Å². The highest BCUT2D eigenvalue weighted by atomic mass is 35.5. The molecule has 14 heavy (non-hydrogen) atoms. The quantitative estimate of drug-likeness (QED) is 0.564. The first-order valence-corrected chi connectivity index (χ1v) is 4.77. The van der Waals surface area contributed by atoms with Crippen molar-refractivity contribution in [2.75, 3.05) is 0 Å². The number of hydrogen-bond donors (Lipinski definition) is 0. The maximum absolute atomic E-state index is 10.2. The molecule has 1 aromatic rings. The molecule has 2 nitrogen and oxygen atoms in total. The number of rotatable bonds is 2. The molecule has 0 bridgehead atoms. The van der Waals surface area contributed by atoms with Crippen molar-refractivity contribution in [3.8, 4) is 0 Å². The SMILES string of the molecule is CC(C)(N=C=O)c1cc(Cl)ccc1Cl. The van der Waals surface area contributed by atoms with Gasteiger partial charge in [-0.15, -0.1) is 0 Å². The standard InChI is InChI=1S/C10H9Cl2NO/c1-10(2,13-6-14)8-5-7(11)3-4-9(8)12/h3-5H,1-2H3. The van der Waals surface area contributed by atoms with Crippen LogP contribution in [0.2, 0.25) is 10.0 Å². The first kappa shape index (κ1) is 11.3. The summed E-state index contributed by atoms with van der Waals surface area (Å²) in [7, 11) is 0. The third kappa shape index (κ3) is 2.36. The fraction of sp³-hybridized carbons (Fsp3) is 0.300. The molecule has 0 saturated heterocycles. The Bertz CT molecular complexity index is 395. The second-order valence-corrected chi connectivity index (χ2v) is 4.23. The van der Waals surface area contributed by atoms with Crippen molar-refractivity contribution in [1.29, 1.82) is 0 Å². The fourth-order valence-corrected chi connectivity index (χ4v) is 1.66. The van der Waals surface area contributed by atoms with E-state index in [0.29, 0.717) is 10.0 Å². The molecule has 0 unspecified atom stereocenters. The van der Waals surface area contributed by atoms with Crippen LogP contribution in [0.4, 0.5) is 0 Å². The van der Waals surface area contributed by atoms with Gasteiger partial charge in [0.25, 0.3) is 0 Å². The van der Waals surface area contributed by atoms with Gasteiger partial charge in [0.2, 0.25) is 6.08 Å². The topological polar surface area (TPSA) is 29.4 Å². The Balaban J connectivity index is 3.30. The van der Waals surface area contributed by atoms with Crippen LogP contribution in [-0.4, -0.2) is 6.08 Å². The molecular formula is C10H9Cl2NO. The zero-order valence-electron chi connectivity index (χ0n) is 7.84. The summed E-state index contributed by atoms with van der Waals surface area (Å²) in [6, 6.07) is 5.07. The normalized spacial score (nSPS) is 10.9. The van der Waals surface area contributed by atoms with Crippen molar-refractivity contribution >= 4 is 29.3 Å². The molecule has 0 heterocycles. The molecular weight excluding hydrogens is 221 g/mol. The molecule has 0 N–H and O–H groups in total. The van der Waals surface area contributed by atoms with E-state index in [1.54, 1.807) is 32.0 Å². The van der Waals surface area contributed by atoms with Gasteiger partial charge in [-0.2, -0.15) is 4.99 Å². The second kappa shape index (κ2) is 4.14. The number of benzene rings is 1. The molecule has 0 aliphatic heterocycles. The summed E-state index contributed by atoms with van der Waals surface area (Å²) in [5.41, 5.74) is 0.0269. The van der Waals surface area contributed by atoms with E-state index in [0.717, 1.165) is 5.56 Å². The zero-order chi connectivity index (χ0) is 10.8. The van der Waals surface area contributed by atoms with Gasteiger partial charge in [0, 0.05) is 15.6 Å². The van der Waals surface area contributed by atoms with Crippen molar-refractivity contribution in [2.45, 2.75) is 19.4 Å². The Labute approximate surface area is 92.6 Å². The van der Waals surface area contributed by atoms with Crippen LogP contribution in [0, 0.1) is 0 Å². The maximum atomic E-state index is 10.2. The number of isocyanates is 1. The molecule has 0 aromatic heterocycles. The predicted octanol–water partition coefficient (Wildman–Crippen LogP) is 3.56. The Morgan fingerprint density at radius 2 is 2.00 bits per heavy atom. The van der Waals surface area contributed by atoms with E-state index in [-0.39, 0.29) is 0 Å². The molecule has 74 valence electrons. The van der Waals surface area contributed by atoms with Gasteiger partial charge in [0.15, 0.2) is 0 Å². The van der Waals surface area contributed by atoms with Gasteiger partial charge in [-0.1, -0.05) is 23.2 Å². The molecule has 4 heteroatoms. The molecule has 0 saturated carbocycles. The molecule has 0 radical (unpaired) electrons. The average Bonchev–Trinajstić information content (AvgIpc) is 2.09. The van der Waals surface area contributed by atoms with Gasteiger partial charge in [0.1, 0.15) is 0 Å². The van der Waals surface area contributed by atoms with Crippen molar-refractivity contribution in [3.05, 3.63) is 33.8 Å². The summed E-state index contributed by atoms with van der Waals surface area (Å²) in [4.78, 5) is 13.9. The fourth-order valence-electron chi connectivity index (χ4n) is 1.14. The third-order valence-corrected chi connectivity index (χ3v) is 2.48. The minimum Gasteiger partial charge on any atom is -0.211 e. The summed E-state index contributed by atoms with van der Waals surface area (Å²) < 4.78 is 0. The van der Waals surface area contributed by atoms with Crippen LogP contribution in [0.3, 0.4) is 0 Å². The number of carbonyl (C=O) groups excluding carboxylic acids is 1. The average molecular weight is 230 g/mol. The lowest BCUT2D eigenvalue weighted by Crippen LogP contribution is -2.14. The summed E-state index contributed by atoms with van der Waals surface area (Å²) in [5, 5.41) is 1.11. The highest BCUT2D eigenvalue weighted by molar-refractivity contribution is 6.33. The summed E-state index contributed by atoms with van der Waals surface area (Å²) in [6.07, 6.45) is 1.53. The zero-order valence-corrected chi connectivity index (χ0v) is 9.36. The van der Waals surface area contributed by atoms with Crippen molar-refractivity contribution < 1.29 is 4.79 Å². The van der Waals surface area contributed by atoms with Crippen LogP contribution in [-0.2, 0) is 10.3 Å². The van der Waals surface area contributed by atoms with Gasteiger partial charge in [-0.05, 0) is 32.0 Å². The largest absolute Gasteiger partial charge is 0.235 e. The van der Waals surface area contributed by atoms with E-state index in [1.807, 2.05) is 0 Å². The minimum atomic E-state index is -0.691. The van der Waals surface area contributed by atoms with E-state index < -0.39 is 5.54 Å². The molecule has 0 aliphatic rings. The monoisotopic (exact) mass is 229 g/mol. The lowest BCUT2D eigenvalue weighted by Gasteiger charge is -2.19. The summed E-state index contributed by atoms with van der Waals surface area (Å²) in [5.74, 6) is 0. The highest BCUT2D eigenvalue weighted by Crippen LogP contribution is 2.32. The van der Waals surface area contributed by atoms with Crippen LogP contribution in [0.5, 0.6) is 0 Å². The lowest BCUT2D eigenvalue weighted by atomic mass is 9.95. The number of halogens is 2. The van der Waals surface area contributed by atoms with E-state index in [9.17, 15) is 4.79 Å². The number of hydrogen-bond acceptors (Lipinski definition) is 2. The highest BCUT2D eigenvalue weighted by Gasteiger charge is 2.22. The molecule has 0 fully saturated rings. The Hall–Kier alpha value is -0.820. The van der Waals surface area contributed by atoms with Crippen LogP contribution in [0.1, 0.15) is 19.4 Å². The lowest BCUT2D eigenvalue weighted by molar-refractivity contribution is 0.523. The smallest absolute Gasteiger partial charge is 0.211 e. The van der Waals surface area contributed by atoms with Crippen LogP contribution in [0.15, 0.2) is 23.2 Å². The summed E-state index contributed by atoms with van der Waals surface area (Å²) >= 11 is 11.8.